The normalized spacial score (nSPS) is 16.8. The second kappa shape index (κ2) is 5.28. The van der Waals surface area contributed by atoms with Crippen molar-refractivity contribution in [3.8, 4) is 11.1 Å². The third-order valence-electron chi connectivity index (χ3n) is 5.18. The van der Waals surface area contributed by atoms with Crippen LogP contribution < -0.4 is 0 Å². The fourth-order valence-electron chi connectivity index (χ4n) is 3.91. The quantitative estimate of drug-likeness (QED) is 0.578. The first kappa shape index (κ1) is 13.6. The molecule has 0 aromatic heterocycles. The Labute approximate surface area is 133 Å². The topological polar surface area (TPSA) is 0 Å². The van der Waals surface area contributed by atoms with Crippen LogP contribution in [-0.4, -0.2) is 0 Å². The Balaban J connectivity index is 1.64. The average Bonchev–Trinajstić information content (AvgIpc) is 3.12. The Kier molecular flexibility index (Phi) is 3.26. The van der Waals surface area contributed by atoms with Gasteiger partial charge in [-0.3, -0.25) is 0 Å². The van der Waals surface area contributed by atoms with Crippen LogP contribution in [0.25, 0.3) is 11.1 Å². The zero-order valence-electron chi connectivity index (χ0n) is 13.4. The highest BCUT2D eigenvalue weighted by Crippen LogP contribution is 2.39. The van der Waals surface area contributed by atoms with Crippen LogP contribution in [0.1, 0.15) is 37.0 Å². The minimum atomic E-state index is 0.629. The minimum absolute atomic E-state index is 0.629. The number of benzene rings is 2. The lowest BCUT2D eigenvalue weighted by Gasteiger charge is -2.16. The largest absolute Gasteiger partial charge is 0.0775 e. The van der Waals surface area contributed by atoms with E-state index in [9.17, 15) is 0 Å². The smallest absolute Gasteiger partial charge is 0.00107 e. The maximum absolute atomic E-state index is 2.38. The summed E-state index contributed by atoms with van der Waals surface area (Å²) in [5.41, 5.74) is 10.5. The number of rotatable bonds is 3. The molecule has 2 aromatic carbocycles. The van der Waals surface area contributed by atoms with Crippen LogP contribution >= 0.6 is 0 Å². The molecule has 0 aliphatic heterocycles. The van der Waals surface area contributed by atoms with Crippen molar-refractivity contribution in [2.75, 3.05) is 0 Å². The summed E-state index contributed by atoms with van der Waals surface area (Å²) < 4.78 is 0. The van der Waals surface area contributed by atoms with Crippen LogP contribution in [-0.2, 0) is 12.8 Å². The van der Waals surface area contributed by atoms with Gasteiger partial charge in [-0.1, -0.05) is 72.7 Å². The molecule has 0 nitrogen and oxygen atoms in total. The summed E-state index contributed by atoms with van der Waals surface area (Å²) in [6, 6.07) is 15.7. The molecule has 1 unspecified atom stereocenters. The molecule has 0 saturated carbocycles. The van der Waals surface area contributed by atoms with Crippen molar-refractivity contribution in [3.63, 3.8) is 0 Å². The molecule has 2 aromatic rings. The molecule has 22 heavy (non-hydrogen) atoms. The van der Waals surface area contributed by atoms with Gasteiger partial charge in [0.2, 0.25) is 0 Å². The summed E-state index contributed by atoms with van der Waals surface area (Å²) >= 11 is 0. The summed E-state index contributed by atoms with van der Waals surface area (Å²) in [6.45, 7) is 4.58. The summed E-state index contributed by atoms with van der Waals surface area (Å²) in [6.07, 6.45) is 8.12. The van der Waals surface area contributed by atoms with Crippen LogP contribution in [0.4, 0.5) is 0 Å². The first-order valence-corrected chi connectivity index (χ1v) is 8.28. The van der Waals surface area contributed by atoms with Gasteiger partial charge in [-0.2, -0.15) is 0 Å². The highest BCUT2D eigenvalue weighted by atomic mass is 14.3. The van der Waals surface area contributed by atoms with Crippen molar-refractivity contribution in [1.29, 1.82) is 0 Å². The van der Waals surface area contributed by atoms with Crippen LogP contribution in [0.2, 0.25) is 0 Å². The van der Waals surface area contributed by atoms with E-state index >= 15 is 0 Å². The fourth-order valence-corrected chi connectivity index (χ4v) is 3.91. The third-order valence-corrected chi connectivity index (χ3v) is 5.18. The van der Waals surface area contributed by atoms with E-state index in [0.717, 1.165) is 19.3 Å². The van der Waals surface area contributed by atoms with Gasteiger partial charge >= 0.3 is 0 Å². The van der Waals surface area contributed by atoms with Crippen molar-refractivity contribution in [2.45, 2.75) is 33.1 Å². The van der Waals surface area contributed by atoms with E-state index in [1.54, 1.807) is 11.1 Å². The highest BCUT2D eigenvalue weighted by Gasteiger charge is 2.22. The Morgan fingerprint density at radius 1 is 1.00 bits per heavy atom. The first-order chi connectivity index (χ1) is 10.7. The van der Waals surface area contributed by atoms with Crippen LogP contribution in [0.15, 0.2) is 65.8 Å². The molecule has 0 spiro atoms. The van der Waals surface area contributed by atoms with E-state index in [2.05, 4.69) is 68.5 Å². The summed E-state index contributed by atoms with van der Waals surface area (Å²) in [5.74, 6) is 0.629. The van der Waals surface area contributed by atoms with Crippen molar-refractivity contribution in [2.24, 2.45) is 5.92 Å². The monoisotopic (exact) mass is 286 g/mol. The van der Waals surface area contributed by atoms with E-state index in [4.69, 9.17) is 0 Å². The zero-order chi connectivity index (χ0) is 15.1. The van der Waals surface area contributed by atoms with E-state index in [1.807, 2.05) is 0 Å². The SMILES string of the molecule is CC1=CCC(C(C)Cc2cccc3c2Cc2ccccc2-3)=C1. The Hall–Kier alpha value is -2.08. The highest BCUT2D eigenvalue weighted by molar-refractivity contribution is 5.77. The minimum Gasteiger partial charge on any atom is -0.0775 e. The van der Waals surface area contributed by atoms with Crippen molar-refractivity contribution >= 4 is 0 Å². The molecule has 0 saturated heterocycles. The molecular weight excluding hydrogens is 264 g/mol. The summed E-state index contributed by atoms with van der Waals surface area (Å²) in [4.78, 5) is 0. The van der Waals surface area contributed by atoms with Gasteiger partial charge in [0.1, 0.15) is 0 Å². The number of hydrogen-bond acceptors (Lipinski definition) is 0. The molecule has 110 valence electrons. The molecule has 4 rings (SSSR count). The lowest BCUT2D eigenvalue weighted by molar-refractivity contribution is 0.663. The summed E-state index contributed by atoms with van der Waals surface area (Å²) in [7, 11) is 0. The third kappa shape index (κ3) is 2.23. The molecule has 0 radical (unpaired) electrons. The molecule has 0 amide bonds. The first-order valence-electron chi connectivity index (χ1n) is 8.28. The maximum atomic E-state index is 2.38. The maximum Gasteiger partial charge on any atom is -0.00107 e. The van der Waals surface area contributed by atoms with E-state index < -0.39 is 0 Å². The molecular formula is C22H22. The second-order valence-electron chi connectivity index (χ2n) is 6.75. The second-order valence-corrected chi connectivity index (χ2v) is 6.75. The van der Waals surface area contributed by atoms with E-state index in [1.165, 1.54) is 27.8 Å². The number of allylic oxidation sites excluding steroid dienone is 4. The van der Waals surface area contributed by atoms with Gasteiger partial charge in [0.25, 0.3) is 0 Å². The van der Waals surface area contributed by atoms with Crippen molar-refractivity contribution < 1.29 is 0 Å². The van der Waals surface area contributed by atoms with Crippen LogP contribution in [0.3, 0.4) is 0 Å². The lowest BCUT2D eigenvalue weighted by atomic mass is 9.89. The molecule has 0 fully saturated rings. The Morgan fingerprint density at radius 3 is 2.64 bits per heavy atom. The van der Waals surface area contributed by atoms with E-state index in [-0.39, 0.29) is 0 Å². The molecule has 1 atom stereocenters. The molecule has 2 aliphatic rings. The Morgan fingerprint density at radius 2 is 1.82 bits per heavy atom. The number of hydrogen-bond donors (Lipinski definition) is 0. The molecule has 0 N–H and O–H groups in total. The number of fused-ring (bicyclic) bond motifs is 3. The van der Waals surface area contributed by atoms with Gasteiger partial charge in [0.05, 0.1) is 0 Å². The van der Waals surface area contributed by atoms with Crippen LogP contribution in [0, 0.1) is 5.92 Å². The molecule has 0 heteroatoms. The lowest BCUT2D eigenvalue weighted by Crippen LogP contribution is -2.04. The zero-order valence-corrected chi connectivity index (χ0v) is 13.4. The van der Waals surface area contributed by atoms with Gasteiger partial charge in [0.15, 0.2) is 0 Å². The van der Waals surface area contributed by atoms with E-state index in [0.29, 0.717) is 5.92 Å². The predicted octanol–water partition coefficient (Wildman–Crippen LogP) is 5.71. The van der Waals surface area contributed by atoms with Gasteiger partial charge in [-0.05, 0) is 59.9 Å². The average molecular weight is 286 g/mol. The Bertz CT molecular complexity index is 789. The van der Waals surface area contributed by atoms with Crippen LogP contribution in [0.5, 0.6) is 0 Å². The summed E-state index contributed by atoms with van der Waals surface area (Å²) in [5, 5.41) is 0. The molecule has 0 heterocycles. The molecule has 2 aliphatic carbocycles. The van der Waals surface area contributed by atoms with Gasteiger partial charge < -0.3 is 0 Å². The fraction of sp³-hybridized carbons (Fsp3) is 0.273. The van der Waals surface area contributed by atoms with Crippen molar-refractivity contribution in [1.82, 2.24) is 0 Å². The van der Waals surface area contributed by atoms with Gasteiger partial charge in [0, 0.05) is 0 Å². The van der Waals surface area contributed by atoms with Gasteiger partial charge in [-0.25, -0.2) is 0 Å². The molecule has 0 bridgehead atoms. The predicted molar refractivity (Wildman–Crippen MR) is 94.0 cm³/mol. The standard InChI is InChI=1S/C22H22/c1-15-10-11-17(12-15)16(2)13-18-7-5-9-21-20-8-4-3-6-19(20)14-22(18)21/h3-10,12,16H,11,13-14H2,1-2H3. The van der Waals surface area contributed by atoms with Gasteiger partial charge in [-0.15, -0.1) is 0 Å². The van der Waals surface area contributed by atoms with Crippen molar-refractivity contribution in [3.05, 3.63) is 82.5 Å².